The number of amides is 1. The van der Waals surface area contributed by atoms with Crippen molar-refractivity contribution in [2.24, 2.45) is 12.8 Å². The molecule has 5 nitrogen and oxygen atoms in total. The highest BCUT2D eigenvalue weighted by Crippen LogP contribution is 2.04. The molecule has 1 heterocycles. The third-order valence-electron chi connectivity index (χ3n) is 1.91. The lowest BCUT2D eigenvalue weighted by atomic mass is 10.2. The van der Waals surface area contributed by atoms with Gasteiger partial charge in [-0.1, -0.05) is 13.3 Å². The van der Waals surface area contributed by atoms with Crippen molar-refractivity contribution in [3.05, 3.63) is 12.4 Å². The molecule has 1 amide bonds. The van der Waals surface area contributed by atoms with E-state index in [-0.39, 0.29) is 5.91 Å². The first kappa shape index (κ1) is 10.7. The summed E-state index contributed by atoms with van der Waals surface area (Å²) in [6.07, 6.45) is 4.93. The van der Waals surface area contributed by atoms with E-state index in [0.29, 0.717) is 12.1 Å². The Morgan fingerprint density at radius 2 is 2.50 bits per heavy atom. The SMILES string of the molecule is CCCC(N)C(=O)Nc1cnn(C)c1. The minimum Gasteiger partial charge on any atom is -0.322 e. The number of anilines is 1. The molecule has 0 aliphatic carbocycles. The van der Waals surface area contributed by atoms with E-state index in [9.17, 15) is 4.79 Å². The van der Waals surface area contributed by atoms with Gasteiger partial charge in [0, 0.05) is 13.2 Å². The zero-order chi connectivity index (χ0) is 10.6. The van der Waals surface area contributed by atoms with Gasteiger partial charge in [-0.25, -0.2) is 0 Å². The maximum absolute atomic E-state index is 11.4. The summed E-state index contributed by atoms with van der Waals surface area (Å²) in [6.45, 7) is 2.00. The topological polar surface area (TPSA) is 72.9 Å². The molecule has 0 spiro atoms. The highest BCUT2D eigenvalue weighted by Gasteiger charge is 2.12. The molecule has 14 heavy (non-hydrogen) atoms. The lowest BCUT2D eigenvalue weighted by Crippen LogP contribution is -2.35. The molecular weight excluding hydrogens is 180 g/mol. The number of carbonyl (C=O) groups excluding carboxylic acids is 1. The zero-order valence-electron chi connectivity index (χ0n) is 8.53. The molecule has 1 aromatic rings. The molecule has 78 valence electrons. The van der Waals surface area contributed by atoms with Crippen LogP contribution in [-0.4, -0.2) is 21.7 Å². The number of aryl methyl sites for hydroxylation is 1. The smallest absolute Gasteiger partial charge is 0.241 e. The number of nitrogens with one attached hydrogen (secondary N) is 1. The van der Waals surface area contributed by atoms with Crippen LogP contribution in [0.4, 0.5) is 5.69 Å². The second-order valence-electron chi connectivity index (χ2n) is 3.29. The van der Waals surface area contributed by atoms with Crippen molar-refractivity contribution < 1.29 is 4.79 Å². The molecule has 0 fully saturated rings. The Hall–Kier alpha value is -1.36. The summed E-state index contributed by atoms with van der Waals surface area (Å²) in [6, 6.07) is -0.430. The molecule has 1 atom stereocenters. The van der Waals surface area contributed by atoms with Gasteiger partial charge in [0.25, 0.3) is 0 Å². The average Bonchev–Trinajstić information content (AvgIpc) is 2.51. The molecule has 0 bridgehead atoms. The maximum Gasteiger partial charge on any atom is 0.241 e. The Kier molecular flexibility index (Phi) is 3.64. The number of hydrogen-bond acceptors (Lipinski definition) is 3. The van der Waals surface area contributed by atoms with Crippen LogP contribution in [0.3, 0.4) is 0 Å². The molecule has 0 aliphatic rings. The Morgan fingerprint density at radius 1 is 1.79 bits per heavy atom. The summed E-state index contributed by atoms with van der Waals surface area (Å²) in [5, 5.41) is 6.64. The monoisotopic (exact) mass is 196 g/mol. The standard InChI is InChI=1S/C9H16N4O/c1-3-4-8(10)9(14)12-7-5-11-13(2)6-7/h5-6,8H,3-4,10H2,1-2H3,(H,12,14). The lowest BCUT2D eigenvalue weighted by Gasteiger charge is -2.09. The second kappa shape index (κ2) is 4.76. The minimum absolute atomic E-state index is 0.153. The number of nitrogens with two attached hydrogens (primary N) is 1. The van der Waals surface area contributed by atoms with Crippen LogP contribution in [0, 0.1) is 0 Å². The number of rotatable bonds is 4. The van der Waals surface area contributed by atoms with Crippen LogP contribution in [0.1, 0.15) is 19.8 Å². The Labute approximate surface area is 83.3 Å². The molecule has 3 N–H and O–H groups in total. The van der Waals surface area contributed by atoms with E-state index in [1.165, 1.54) is 0 Å². The molecule has 5 heteroatoms. The van der Waals surface area contributed by atoms with Gasteiger partial charge in [0.1, 0.15) is 0 Å². The molecule has 0 aliphatic heterocycles. The predicted octanol–water partition coefficient (Wildman–Crippen LogP) is 0.486. The lowest BCUT2D eigenvalue weighted by molar-refractivity contribution is -0.117. The number of aromatic nitrogens is 2. The van der Waals surface area contributed by atoms with Gasteiger partial charge in [-0.3, -0.25) is 9.48 Å². The molecular formula is C9H16N4O. The first-order chi connectivity index (χ1) is 6.63. The average molecular weight is 196 g/mol. The van der Waals surface area contributed by atoms with Gasteiger partial charge in [0.2, 0.25) is 5.91 Å². The van der Waals surface area contributed by atoms with Crippen molar-refractivity contribution in [1.82, 2.24) is 9.78 Å². The Morgan fingerprint density at radius 3 is 3.00 bits per heavy atom. The molecule has 0 radical (unpaired) electrons. The van der Waals surface area contributed by atoms with Gasteiger partial charge in [0.05, 0.1) is 17.9 Å². The molecule has 0 saturated heterocycles. The van der Waals surface area contributed by atoms with E-state index in [1.807, 2.05) is 6.92 Å². The molecule has 1 unspecified atom stereocenters. The van der Waals surface area contributed by atoms with Crippen LogP contribution in [0.15, 0.2) is 12.4 Å². The third kappa shape index (κ3) is 2.85. The van der Waals surface area contributed by atoms with Crippen LogP contribution in [0.2, 0.25) is 0 Å². The van der Waals surface area contributed by atoms with Crippen LogP contribution in [-0.2, 0) is 11.8 Å². The fourth-order valence-electron chi connectivity index (χ4n) is 1.16. The van der Waals surface area contributed by atoms with Crippen molar-refractivity contribution in [3.63, 3.8) is 0 Å². The van der Waals surface area contributed by atoms with Crippen LogP contribution < -0.4 is 11.1 Å². The van der Waals surface area contributed by atoms with E-state index >= 15 is 0 Å². The summed E-state index contributed by atoms with van der Waals surface area (Å²) in [5.74, 6) is -0.153. The van der Waals surface area contributed by atoms with Crippen molar-refractivity contribution in [2.45, 2.75) is 25.8 Å². The second-order valence-corrected chi connectivity index (χ2v) is 3.29. The summed E-state index contributed by atoms with van der Waals surface area (Å²) in [5.41, 5.74) is 6.33. The van der Waals surface area contributed by atoms with Gasteiger partial charge in [-0.2, -0.15) is 5.10 Å². The van der Waals surface area contributed by atoms with Crippen LogP contribution >= 0.6 is 0 Å². The van der Waals surface area contributed by atoms with E-state index in [0.717, 1.165) is 6.42 Å². The summed E-state index contributed by atoms with van der Waals surface area (Å²) < 4.78 is 1.63. The number of hydrogen-bond donors (Lipinski definition) is 2. The van der Waals surface area contributed by atoms with E-state index < -0.39 is 6.04 Å². The largest absolute Gasteiger partial charge is 0.322 e. The van der Waals surface area contributed by atoms with Crippen molar-refractivity contribution in [1.29, 1.82) is 0 Å². The van der Waals surface area contributed by atoms with Crippen LogP contribution in [0.25, 0.3) is 0 Å². The summed E-state index contributed by atoms with van der Waals surface area (Å²) in [7, 11) is 1.79. The number of carbonyl (C=O) groups is 1. The van der Waals surface area contributed by atoms with Gasteiger partial charge in [-0.05, 0) is 6.42 Å². The first-order valence-corrected chi connectivity index (χ1v) is 4.68. The van der Waals surface area contributed by atoms with E-state index in [2.05, 4.69) is 10.4 Å². The highest BCUT2D eigenvalue weighted by molar-refractivity contribution is 5.94. The van der Waals surface area contributed by atoms with E-state index in [4.69, 9.17) is 5.73 Å². The fourth-order valence-corrected chi connectivity index (χ4v) is 1.16. The molecule has 1 rings (SSSR count). The Balaban J connectivity index is 2.48. The van der Waals surface area contributed by atoms with Crippen molar-refractivity contribution >= 4 is 11.6 Å². The van der Waals surface area contributed by atoms with Crippen molar-refractivity contribution in [2.75, 3.05) is 5.32 Å². The van der Waals surface area contributed by atoms with Gasteiger partial charge in [-0.15, -0.1) is 0 Å². The summed E-state index contributed by atoms with van der Waals surface area (Å²) in [4.78, 5) is 11.4. The summed E-state index contributed by atoms with van der Waals surface area (Å²) >= 11 is 0. The predicted molar refractivity (Wildman–Crippen MR) is 54.7 cm³/mol. The minimum atomic E-state index is -0.430. The maximum atomic E-state index is 11.4. The van der Waals surface area contributed by atoms with Gasteiger partial charge >= 0.3 is 0 Å². The van der Waals surface area contributed by atoms with Crippen LogP contribution in [0.5, 0.6) is 0 Å². The van der Waals surface area contributed by atoms with Crippen molar-refractivity contribution in [3.8, 4) is 0 Å². The van der Waals surface area contributed by atoms with Gasteiger partial charge in [0.15, 0.2) is 0 Å². The molecule has 1 aromatic heterocycles. The highest BCUT2D eigenvalue weighted by atomic mass is 16.2. The first-order valence-electron chi connectivity index (χ1n) is 4.68. The fraction of sp³-hybridized carbons (Fsp3) is 0.556. The van der Waals surface area contributed by atoms with Gasteiger partial charge < -0.3 is 11.1 Å². The number of nitrogens with zero attached hydrogens (tertiary/aromatic N) is 2. The Bertz CT molecular complexity index is 308. The zero-order valence-corrected chi connectivity index (χ0v) is 8.53. The normalized spacial score (nSPS) is 12.5. The molecule has 0 saturated carbocycles. The quantitative estimate of drug-likeness (QED) is 0.736. The third-order valence-corrected chi connectivity index (χ3v) is 1.91. The van der Waals surface area contributed by atoms with E-state index in [1.54, 1.807) is 24.1 Å². The molecule has 0 aromatic carbocycles.